The molecule has 19 heavy (non-hydrogen) atoms. The minimum Gasteiger partial charge on any atom is -0.478 e. The molecule has 1 aromatic rings. The third kappa shape index (κ3) is 5.89. The van der Waals surface area contributed by atoms with Gasteiger partial charge in [0.25, 0.3) is 0 Å². The molecule has 0 radical (unpaired) electrons. The van der Waals surface area contributed by atoms with E-state index in [4.69, 9.17) is 14.6 Å². The van der Waals surface area contributed by atoms with E-state index in [1.807, 2.05) is 6.92 Å². The average molecular weight is 282 g/mol. The van der Waals surface area contributed by atoms with Crippen molar-refractivity contribution in [3.63, 3.8) is 0 Å². The highest BCUT2D eigenvalue weighted by Crippen LogP contribution is 2.19. The summed E-state index contributed by atoms with van der Waals surface area (Å²) in [5.41, 5.74) is 1.13. The fourth-order valence-electron chi connectivity index (χ4n) is 1.43. The van der Waals surface area contributed by atoms with E-state index in [1.54, 1.807) is 12.1 Å². The SMILES string of the molecule is Cc1ccc(C(=O)O)cc1OCOCC[Si](C)(C)C. The highest BCUT2D eigenvalue weighted by molar-refractivity contribution is 6.76. The van der Waals surface area contributed by atoms with Gasteiger partial charge in [-0.3, -0.25) is 0 Å². The van der Waals surface area contributed by atoms with Crippen LogP contribution in [0.3, 0.4) is 0 Å². The van der Waals surface area contributed by atoms with Crippen LogP contribution in [0.1, 0.15) is 15.9 Å². The summed E-state index contributed by atoms with van der Waals surface area (Å²) in [7, 11) is -1.08. The molecule has 0 aliphatic heterocycles. The summed E-state index contributed by atoms with van der Waals surface area (Å²) >= 11 is 0. The number of aryl methyl sites for hydroxylation is 1. The van der Waals surface area contributed by atoms with Gasteiger partial charge in [-0.1, -0.05) is 25.7 Å². The second-order valence-electron chi connectivity index (χ2n) is 5.77. The van der Waals surface area contributed by atoms with Gasteiger partial charge in [0.2, 0.25) is 0 Å². The molecule has 0 saturated carbocycles. The molecular weight excluding hydrogens is 260 g/mol. The Balaban J connectivity index is 2.45. The Hall–Kier alpha value is -1.33. The van der Waals surface area contributed by atoms with Crippen LogP contribution in [-0.4, -0.2) is 32.5 Å². The normalized spacial score (nSPS) is 11.4. The van der Waals surface area contributed by atoms with Crippen molar-refractivity contribution in [2.45, 2.75) is 32.6 Å². The molecule has 0 unspecified atom stereocenters. The van der Waals surface area contributed by atoms with Crippen LogP contribution in [0.4, 0.5) is 0 Å². The van der Waals surface area contributed by atoms with Crippen LogP contribution in [0.2, 0.25) is 25.7 Å². The maximum atomic E-state index is 10.9. The highest BCUT2D eigenvalue weighted by Gasteiger charge is 2.12. The lowest BCUT2D eigenvalue weighted by molar-refractivity contribution is 0.0215. The van der Waals surface area contributed by atoms with Crippen LogP contribution < -0.4 is 4.74 Å². The number of carbonyl (C=O) groups is 1. The first-order valence-corrected chi connectivity index (χ1v) is 10.0. The summed E-state index contributed by atoms with van der Waals surface area (Å²) in [5, 5.41) is 8.92. The minimum absolute atomic E-state index is 0.161. The quantitative estimate of drug-likeness (QED) is 0.473. The zero-order chi connectivity index (χ0) is 14.5. The fraction of sp³-hybridized carbons (Fsp3) is 0.500. The Morgan fingerprint density at radius 3 is 2.58 bits per heavy atom. The van der Waals surface area contributed by atoms with Gasteiger partial charge in [-0.05, 0) is 30.7 Å². The fourth-order valence-corrected chi connectivity index (χ4v) is 2.19. The third-order valence-electron chi connectivity index (χ3n) is 2.73. The molecular formula is C14H22O4Si. The topological polar surface area (TPSA) is 55.8 Å². The van der Waals surface area contributed by atoms with E-state index in [0.29, 0.717) is 12.4 Å². The first kappa shape index (κ1) is 15.7. The second-order valence-corrected chi connectivity index (χ2v) is 11.4. The van der Waals surface area contributed by atoms with Crippen molar-refractivity contribution in [1.82, 2.24) is 0 Å². The molecule has 106 valence electrons. The molecule has 1 aromatic carbocycles. The summed E-state index contributed by atoms with van der Waals surface area (Å²) in [4.78, 5) is 10.9. The zero-order valence-corrected chi connectivity index (χ0v) is 13.0. The van der Waals surface area contributed by atoms with E-state index in [2.05, 4.69) is 19.6 Å². The van der Waals surface area contributed by atoms with Gasteiger partial charge in [-0.15, -0.1) is 0 Å². The Morgan fingerprint density at radius 1 is 1.32 bits per heavy atom. The molecule has 0 atom stereocenters. The lowest BCUT2D eigenvalue weighted by Gasteiger charge is -2.16. The number of carboxylic acid groups (broad SMARTS) is 1. The Morgan fingerprint density at radius 2 is 2.00 bits per heavy atom. The van der Waals surface area contributed by atoms with Gasteiger partial charge < -0.3 is 14.6 Å². The summed E-state index contributed by atoms with van der Waals surface area (Å²) in [5.74, 6) is -0.391. The molecule has 1 rings (SSSR count). The number of carboxylic acids is 1. The Labute approximate surface area is 115 Å². The monoisotopic (exact) mass is 282 g/mol. The van der Waals surface area contributed by atoms with Crippen molar-refractivity contribution in [1.29, 1.82) is 0 Å². The number of aromatic carboxylic acids is 1. The highest BCUT2D eigenvalue weighted by atomic mass is 28.3. The first-order chi connectivity index (χ1) is 8.79. The lowest BCUT2D eigenvalue weighted by Crippen LogP contribution is -2.22. The van der Waals surface area contributed by atoms with E-state index in [9.17, 15) is 4.79 Å². The zero-order valence-electron chi connectivity index (χ0n) is 12.0. The van der Waals surface area contributed by atoms with Crippen molar-refractivity contribution >= 4 is 14.0 Å². The van der Waals surface area contributed by atoms with E-state index < -0.39 is 14.0 Å². The molecule has 0 aliphatic carbocycles. The number of ether oxygens (including phenoxy) is 2. The molecule has 0 aromatic heterocycles. The number of hydrogen-bond acceptors (Lipinski definition) is 3. The van der Waals surface area contributed by atoms with Crippen LogP contribution in [0, 0.1) is 6.92 Å². The van der Waals surface area contributed by atoms with Crippen molar-refractivity contribution in [3.8, 4) is 5.75 Å². The summed E-state index contributed by atoms with van der Waals surface area (Å²) in [6, 6.07) is 5.92. The van der Waals surface area contributed by atoms with E-state index in [0.717, 1.165) is 11.6 Å². The van der Waals surface area contributed by atoms with Crippen molar-refractivity contribution < 1.29 is 19.4 Å². The summed E-state index contributed by atoms with van der Waals surface area (Å²) in [6.45, 7) is 9.60. The predicted octanol–water partition coefficient (Wildman–Crippen LogP) is 3.38. The Kier molecular flexibility index (Phi) is 5.56. The smallest absolute Gasteiger partial charge is 0.335 e. The van der Waals surface area contributed by atoms with Crippen molar-refractivity contribution in [3.05, 3.63) is 29.3 Å². The first-order valence-electron chi connectivity index (χ1n) is 6.34. The molecule has 0 amide bonds. The molecule has 0 bridgehead atoms. The van der Waals surface area contributed by atoms with Crippen LogP contribution in [0.25, 0.3) is 0 Å². The minimum atomic E-state index is -1.08. The van der Waals surface area contributed by atoms with Gasteiger partial charge in [-0.2, -0.15) is 0 Å². The van der Waals surface area contributed by atoms with Gasteiger partial charge in [0.15, 0.2) is 6.79 Å². The average Bonchev–Trinajstić information content (AvgIpc) is 2.29. The largest absolute Gasteiger partial charge is 0.478 e. The molecule has 4 nitrogen and oxygen atoms in total. The molecule has 0 fully saturated rings. The standard InChI is InChI=1S/C14H22O4Si/c1-11-5-6-12(14(15)16)9-13(11)18-10-17-7-8-19(2,3)4/h5-6,9H,7-8,10H2,1-4H3,(H,15,16). The van der Waals surface area contributed by atoms with E-state index in [-0.39, 0.29) is 12.4 Å². The lowest BCUT2D eigenvalue weighted by atomic mass is 10.1. The molecule has 5 heteroatoms. The molecule has 0 saturated heterocycles. The van der Waals surface area contributed by atoms with Gasteiger partial charge in [0, 0.05) is 14.7 Å². The van der Waals surface area contributed by atoms with E-state index in [1.165, 1.54) is 6.07 Å². The molecule has 1 N–H and O–H groups in total. The van der Waals surface area contributed by atoms with E-state index >= 15 is 0 Å². The maximum absolute atomic E-state index is 10.9. The van der Waals surface area contributed by atoms with Crippen molar-refractivity contribution in [2.75, 3.05) is 13.4 Å². The van der Waals surface area contributed by atoms with Crippen LogP contribution >= 0.6 is 0 Å². The molecule has 0 aliphatic rings. The van der Waals surface area contributed by atoms with Crippen molar-refractivity contribution in [2.24, 2.45) is 0 Å². The maximum Gasteiger partial charge on any atom is 0.335 e. The second kappa shape index (κ2) is 6.72. The third-order valence-corrected chi connectivity index (χ3v) is 4.43. The number of hydrogen-bond donors (Lipinski definition) is 1. The number of benzene rings is 1. The van der Waals surface area contributed by atoms with Gasteiger partial charge in [0.05, 0.1) is 5.56 Å². The Bertz CT molecular complexity index is 438. The van der Waals surface area contributed by atoms with Crippen LogP contribution in [0.15, 0.2) is 18.2 Å². The van der Waals surface area contributed by atoms with Gasteiger partial charge in [-0.25, -0.2) is 4.79 Å². The van der Waals surface area contributed by atoms with Crippen LogP contribution in [0.5, 0.6) is 5.75 Å². The molecule has 0 spiro atoms. The summed E-state index contributed by atoms with van der Waals surface area (Å²) in [6.07, 6.45) is 0. The van der Waals surface area contributed by atoms with Gasteiger partial charge >= 0.3 is 5.97 Å². The van der Waals surface area contributed by atoms with Crippen LogP contribution in [-0.2, 0) is 4.74 Å². The molecule has 0 heterocycles. The predicted molar refractivity (Wildman–Crippen MR) is 77.7 cm³/mol. The summed E-state index contributed by atoms with van der Waals surface area (Å²) < 4.78 is 10.9. The number of rotatable bonds is 7. The van der Waals surface area contributed by atoms with Gasteiger partial charge in [0.1, 0.15) is 5.75 Å².